The van der Waals surface area contributed by atoms with E-state index in [4.69, 9.17) is 4.74 Å². The van der Waals surface area contributed by atoms with Crippen LogP contribution in [0.5, 0.6) is 5.75 Å². The number of hydrogen-bond donors (Lipinski definition) is 1. The van der Waals surface area contributed by atoms with Gasteiger partial charge in [0.15, 0.2) is 0 Å². The molecular formula is C16H26N2O. The fraction of sp³-hybridized carbons (Fsp3) is 0.625. The Morgan fingerprint density at radius 1 is 1.32 bits per heavy atom. The summed E-state index contributed by atoms with van der Waals surface area (Å²) in [5.74, 6) is 1.07. The summed E-state index contributed by atoms with van der Waals surface area (Å²) in [5, 5.41) is 3.57. The highest BCUT2D eigenvalue weighted by Gasteiger charge is 2.18. The zero-order valence-electron chi connectivity index (χ0n) is 12.6. The lowest BCUT2D eigenvalue weighted by Gasteiger charge is -2.28. The molecule has 0 fully saturated rings. The molecule has 3 heteroatoms. The molecule has 106 valence electrons. The van der Waals surface area contributed by atoms with Gasteiger partial charge in [0.25, 0.3) is 0 Å². The predicted molar refractivity (Wildman–Crippen MR) is 79.7 cm³/mol. The van der Waals surface area contributed by atoms with Gasteiger partial charge in [-0.15, -0.1) is 0 Å². The van der Waals surface area contributed by atoms with Crippen molar-refractivity contribution >= 4 is 0 Å². The summed E-state index contributed by atoms with van der Waals surface area (Å²) in [7, 11) is 4.25. The van der Waals surface area contributed by atoms with Crippen LogP contribution in [0.3, 0.4) is 0 Å². The molecule has 0 bridgehead atoms. The second-order valence-electron chi connectivity index (χ2n) is 6.55. The monoisotopic (exact) mass is 262 g/mol. The number of nitrogens with zero attached hydrogens (tertiary/aromatic N) is 1. The zero-order valence-corrected chi connectivity index (χ0v) is 12.6. The van der Waals surface area contributed by atoms with Crippen molar-refractivity contribution in [3.63, 3.8) is 0 Å². The van der Waals surface area contributed by atoms with Crippen LogP contribution in [0.15, 0.2) is 18.2 Å². The van der Waals surface area contributed by atoms with Crippen molar-refractivity contribution in [1.82, 2.24) is 10.2 Å². The largest absolute Gasteiger partial charge is 0.493 e. The summed E-state index contributed by atoms with van der Waals surface area (Å²) < 4.78 is 5.53. The zero-order chi connectivity index (χ0) is 13.9. The molecule has 0 saturated heterocycles. The Morgan fingerprint density at radius 2 is 2.11 bits per heavy atom. The van der Waals surface area contributed by atoms with Gasteiger partial charge in [-0.2, -0.15) is 0 Å². The van der Waals surface area contributed by atoms with Crippen molar-refractivity contribution in [2.45, 2.75) is 26.8 Å². The van der Waals surface area contributed by atoms with Gasteiger partial charge in [-0.25, -0.2) is 0 Å². The van der Waals surface area contributed by atoms with E-state index in [1.807, 2.05) is 0 Å². The minimum Gasteiger partial charge on any atom is -0.493 e. The molecule has 0 radical (unpaired) electrons. The molecule has 0 aromatic heterocycles. The number of rotatable bonds is 6. The fourth-order valence-corrected chi connectivity index (χ4v) is 2.81. The number of benzene rings is 1. The van der Waals surface area contributed by atoms with Gasteiger partial charge < -0.3 is 15.0 Å². The van der Waals surface area contributed by atoms with Crippen molar-refractivity contribution in [2.24, 2.45) is 5.41 Å². The van der Waals surface area contributed by atoms with Crippen LogP contribution in [0.25, 0.3) is 0 Å². The molecule has 1 aliphatic heterocycles. The third-order valence-corrected chi connectivity index (χ3v) is 3.43. The lowest BCUT2D eigenvalue weighted by molar-refractivity contribution is 0.232. The van der Waals surface area contributed by atoms with Gasteiger partial charge in [0.1, 0.15) is 5.75 Å². The highest BCUT2D eigenvalue weighted by Crippen LogP contribution is 2.25. The predicted octanol–water partition coefficient (Wildman–Crippen LogP) is 2.30. The van der Waals surface area contributed by atoms with Gasteiger partial charge in [-0.3, -0.25) is 0 Å². The molecule has 2 rings (SSSR count). The lowest BCUT2D eigenvalue weighted by Crippen LogP contribution is -2.37. The SMILES string of the molecule is CN(C)CC(C)(C)CNCc1ccc2c(c1)CCO2. The molecule has 3 nitrogen and oxygen atoms in total. The summed E-state index contributed by atoms with van der Waals surface area (Å²) in [5.41, 5.74) is 3.00. The van der Waals surface area contributed by atoms with Crippen LogP contribution in [-0.2, 0) is 13.0 Å². The average Bonchev–Trinajstić information content (AvgIpc) is 2.74. The van der Waals surface area contributed by atoms with Crippen molar-refractivity contribution in [2.75, 3.05) is 33.8 Å². The van der Waals surface area contributed by atoms with E-state index in [-0.39, 0.29) is 0 Å². The van der Waals surface area contributed by atoms with E-state index < -0.39 is 0 Å². The molecule has 0 aliphatic carbocycles. The molecule has 19 heavy (non-hydrogen) atoms. The van der Waals surface area contributed by atoms with E-state index in [9.17, 15) is 0 Å². The quantitative estimate of drug-likeness (QED) is 0.851. The Kier molecular flexibility index (Phi) is 4.48. The highest BCUT2D eigenvalue weighted by molar-refractivity contribution is 5.39. The number of nitrogens with one attached hydrogen (secondary N) is 1. The molecule has 1 aromatic rings. The third-order valence-electron chi connectivity index (χ3n) is 3.43. The van der Waals surface area contributed by atoms with E-state index in [0.717, 1.165) is 38.4 Å². The summed E-state index contributed by atoms with van der Waals surface area (Å²) in [6.45, 7) is 8.50. The van der Waals surface area contributed by atoms with Gasteiger partial charge >= 0.3 is 0 Å². The van der Waals surface area contributed by atoms with E-state index >= 15 is 0 Å². The maximum Gasteiger partial charge on any atom is 0.122 e. The second kappa shape index (κ2) is 5.93. The molecule has 0 amide bonds. The van der Waals surface area contributed by atoms with Gasteiger partial charge in [0, 0.05) is 26.1 Å². The summed E-state index contributed by atoms with van der Waals surface area (Å²) in [6.07, 6.45) is 1.05. The van der Waals surface area contributed by atoms with E-state index in [2.05, 4.69) is 56.4 Å². The normalized spacial score (nSPS) is 14.6. The van der Waals surface area contributed by atoms with Crippen LogP contribution in [-0.4, -0.2) is 38.7 Å². The van der Waals surface area contributed by atoms with E-state index in [0.29, 0.717) is 5.41 Å². The first-order valence-corrected chi connectivity index (χ1v) is 7.06. The lowest BCUT2D eigenvalue weighted by atomic mass is 9.93. The van der Waals surface area contributed by atoms with Crippen molar-refractivity contribution in [3.8, 4) is 5.75 Å². The van der Waals surface area contributed by atoms with Crippen LogP contribution >= 0.6 is 0 Å². The molecule has 1 heterocycles. The van der Waals surface area contributed by atoms with Gasteiger partial charge in [0.05, 0.1) is 6.61 Å². The van der Waals surface area contributed by atoms with E-state index in [1.165, 1.54) is 11.1 Å². The Balaban J connectivity index is 1.83. The first-order valence-electron chi connectivity index (χ1n) is 7.06. The van der Waals surface area contributed by atoms with Crippen LogP contribution in [0.4, 0.5) is 0 Å². The van der Waals surface area contributed by atoms with Crippen molar-refractivity contribution < 1.29 is 4.74 Å². The smallest absolute Gasteiger partial charge is 0.122 e. The molecule has 1 aliphatic rings. The number of hydrogen-bond acceptors (Lipinski definition) is 3. The fourth-order valence-electron chi connectivity index (χ4n) is 2.81. The second-order valence-corrected chi connectivity index (χ2v) is 6.55. The third kappa shape index (κ3) is 4.22. The molecule has 1 aromatic carbocycles. The Hall–Kier alpha value is -1.06. The van der Waals surface area contributed by atoms with Crippen LogP contribution in [0, 0.1) is 5.41 Å². The highest BCUT2D eigenvalue weighted by atomic mass is 16.5. The first-order chi connectivity index (χ1) is 8.96. The standard InChI is InChI=1S/C16H26N2O/c1-16(2,12-18(3)4)11-17-10-13-5-6-15-14(9-13)7-8-19-15/h5-6,9,17H,7-8,10-12H2,1-4H3. The van der Waals surface area contributed by atoms with Gasteiger partial charge in [0.2, 0.25) is 0 Å². The number of ether oxygens (including phenoxy) is 1. The Bertz CT molecular complexity index is 427. The summed E-state index contributed by atoms with van der Waals surface area (Å²) >= 11 is 0. The minimum absolute atomic E-state index is 0.295. The van der Waals surface area contributed by atoms with Gasteiger partial charge in [-0.05, 0) is 36.7 Å². The topological polar surface area (TPSA) is 24.5 Å². The molecule has 0 saturated carbocycles. The molecule has 0 spiro atoms. The summed E-state index contributed by atoms with van der Waals surface area (Å²) in [6, 6.07) is 6.54. The maximum atomic E-state index is 5.53. The van der Waals surface area contributed by atoms with Crippen LogP contribution in [0.1, 0.15) is 25.0 Å². The first kappa shape index (κ1) is 14.4. The van der Waals surface area contributed by atoms with Gasteiger partial charge in [-0.1, -0.05) is 26.0 Å². The Morgan fingerprint density at radius 3 is 2.84 bits per heavy atom. The average molecular weight is 262 g/mol. The molecule has 0 unspecified atom stereocenters. The van der Waals surface area contributed by atoms with E-state index in [1.54, 1.807) is 0 Å². The molecular weight excluding hydrogens is 236 g/mol. The number of fused-ring (bicyclic) bond motifs is 1. The Labute approximate surface area is 116 Å². The molecule has 0 atom stereocenters. The maximum absolute atomic E-state index is 5.53. The van der Waals surface area contributed by atoms with Crippen LogP contribution in [0.2, 0.25) is 0 Å². The van der Waals surface area contributed by atoms with Crippen molar-refractivity contribution in [1.29, 1.82) is 0 Å². The minimum atomic E-state index is 0.295. The van der Waals surface area contributed by atoms with Crippen LogP contribution < -0.4 is 10.1 Å². The van der Waals surface area contributed by atoms with Crippen molar-refractivity contribution in [3.05, 3.63) is 29.3 Å². The molecule has 1 N–H and O–H groups in total. The summed E-state index contributed by atoms with van der Waals surface area (Å²) in [4.78, 5) is 2.24.